The van der Waals surface area contributed by atoms with Crippen molar-refractivity contribution in [3.8, 4) is 5.75 Å². The van der Waals surface area contributed by atoms with Crippen molar-refractivity contribution in [2.24, 2.45) is 11.7 Å². The van der Waals surface area contributed by atoms with E-state index in [1.165, 1.54) is 24.3 Å². The summed E-state index contributed by atoms with van der Waals surface area (Å²) in [6.45, 7) is 0.253. The standard InChI is InChI=1S/C19H25F3N2O4S/c20-11-14(12-23)13-28-15-4-6-16(7-5-15)29(26,27)9-3-1-2-8-24-18(25)17-10-19(17,21)22/h4-7,11,17H,1-3,8-10,12-13,23H2,(H,24,25)/b14-11+. The molecule has 0 saturated heterocycles. The van der Waals surface area contributed by atoms with Gasteiger partial charge in [0, 0.05) is 25.1 Å². The quantitative estimate of drug-likeness (QED) is 0.493. The molecule has 29 heavy (non-hydrogen) atoms. The van der Waals surface area contributed by atoms with E-state index in [1.54, 1.807) is 0 Å². The van der Waals surface area contributed by atoms with Gasteiger partial charge in [-0.2, -0.15) is 0 Å². The highest BCUT2D eigenvalue weighted by molar-refractivity contribution is 7.91. The van der Waals surface area contributed by atoms with Crippen molar-refractivity contribution < 1.29 is 31.1 Å². The monoisotopic (exact) mass is 434 g/mol. The van der Waals surface area contributed by atoms with Gasteiger partial charge in [-0.1, -0.05) is 6.42 Å². The molecule has 10 heteroatoms. The van der Waals surface area contributed by atoms with Crippen LogP contribution in [0.2, 0.25) is 0 Å². The molecule has 1 amide bonds. The Kier molecular flexibility index (Phi) is 8.09. The van der Waals surface area contributed by atoms with E-state index < -0.39 is 34.0 Å². The number of carbonyl (C=O) groups excluding carboxylic acids is 1. The Hall–Kier alpha value is -2.07. The van der Waals surface area contributed by atoms with Crippen molar-refractivity contribution in [1.82, 2.24) is 5.32 Å². The summed E-state index contributed by atoms with van der Waals surface area (Å²) < 4.78 is 67.9. The fraction of sp³-hybridized carbons (Fsp3) is 0.526. The van der Waals surface area contributed by atoms with E-state index in [-0.39, 0.29) is 35.9 Å². The number of nitrogens with one attached hydrogen (secondary N) is 1. The summed E-state index contributed by atoms with van der Waals surface area (Å²) in [7, 11) is -3.47. The maximum Gasteiger partial charge on any atom is 0.260 e. The highest BCUT2D eigenvalue weighted by Crippen LogP contribution is 2.48. The van der Waals surface area contributed by atoms with Gasteiger partial charge in [-0.3, -0.25) is 4.79 Å². The molecule has 0 heterocycles. The van der Waals surface area contributed by atoms with Crippen LogP contribution in [0.3, 0.4) is 0 Å². The minimum Gasteiger partial charge on any atom is -0.489 e. The summed E-state index contributed by atoms with van der Waals surface area (Å²) in [6, 6.07) is 5.81. The largest absolute Gasteiger partial charge is 0.489 e. The van der Waals surface area contributed by atoms with E-state index in [0.29, 0.717) is 31.3 Å². The van der Waals surface area contributed by atoms with Crippen LogP contribution in [0.25, 0.3) is 0 Å². The van der Waals surface area contributed by atoms with Crippen molar-refractivity contribution in [2.75, 3.05) is 25.4 Å². The maximum absolute atomic E-state index is 12.7. The lowest BCUT2D eigenvalue weighted by atomic mass is 10.2. The molecule has 2 rings (SSSR count). The van der Waals surface area contributed by atoms with Crippen LogP contribution in [0.5, 0.6) is 5.75 Å². The van der Waals surface area contributed by atoms with Gasteiger partial charge >= 0.3 is 0 Å². The molecule has 0 radical (unpaired) electrons. The summed E-state index contributed by atoms with van der Waals surface area (Å²) in [5.41, 5.74) is 5.61. The van der Waals surface area contributed by atoms with Crippen LogP contribution in [0.4, 0.5) is 13.2 Å². The molecule has 162 valence electrons. The van der Waals surface area contributed by atoms with Crippen LogP contribution in [0.1, 0.15) is 25.7 Å². The Morgan fingerprint density at radius 3 is 2.45 bits per heavy atom. The first-order valence-electron chi connectivity index (χ1n) is 9.29. The molecule has 1 saturated carbocycles. The van der Waals surface area contributed by atoms with Crippen molar-refractivity contribution >= 4 is 15.7 Å². The Morgan fingerprint density at radius 2 is 1.90 bits per heavy atom. The lowest BCUT2D eigenvalue weighted by molar-refractivity contribution is -0.124. The van der Waals surface area contributed by atoms with Gasteiger partial charge in [0.25, 0.3) is 5.92 Å². The molecule has 1 aromatic rings. The van der Waals surface area contributed by atoms with E-state index >= 15 is 0 Å². The number of unbranched alkanes of at least 4 members (excludes halogenated alkanes) is 2. The predicted molar refractivity (Wildman–Crippen MR) is 102 cm³/mol. The molecule has 0 aromatic heterocycles. The molecule has 0 spiro atoms. The summed E-state index contributed by atoms with van der Waals surface area (Å²) in [5, 5.41) is 2.45. The minimum atomic E-state index is -3.47. The van der Waals surface area contributed by atoms with Gasteiger partial charge in [0.2, 0.25) is 5.91 Å². The third kappa shape index (κ3) is 7.04. The highest BCUT2D eigenvalue weighted by Gasteiger charge is 2.61. The number of rotatable bonds is 12. The zero-order chi connectivity index (χ0) is 21.5. The summed E-state index contributed by atoms with van der Waals surface area (Å²) in [5.74, 6) is -4.41. The number of hydrogen-bond donors (Lipinski definition) is 2. The zero-order valence-corrected chi connectivity index (χ0v) is 16.7. The van der Waals surface area contributed by atoms with Gasteiger partial charge in [0.05, 0.1) is 17.0 Å². The number of nitrogens with two attached hydrogens (primary N) is 1. The lowest BCUT2D eigenvalue weighted by Gasteiger charge is -2.09. The summed E-state index contributed by atoms with van der Waals surface area (Å²) in [4.78, 5) is 11.6. The Labute approximate surface area is 168 Å². The number of hydrogen-bond acceptors (Lipinski definition) is 5. The number of ether oxygens (including phenoxy) is 1. The molecule has 1 unspecified atom stereocenters. The normalized spacial score (nSPS) is 18.3. The van der Waals surface area contributed by atoms with Crippen molar-refractivity contribution in [3.05, 3.63) is 36.2 Å². The number of amides is 1. The topological polar surface area (TPSA) is 98.5 Å². The molecular formula is C19H25F3N2O4S. The number of benzene rings is 1. The molecule has 0 bridgehead atoms. The van der Waals surface area contributed by atoms with Crippen molar-refractivity contribution in [3.63, 3.8) is 0 Å². The van der Waals surface area contributed by atoms with Crippen LogP contribution in [0.15, 0.2) is 41.1 Å². The van der Waals surface area contributed by atoms with Crippen molar-refractivity contribution in [1.29, 1.82) is 0 Å². The zero-order valence-electron chi connectivity index (χ0n) is 15.9. The van der Waals surface area contributed by atoms with E-state index in [4.69, 9.17) is 10.5 Å². The van der Waals surface area contributed by atoms with E-state index in [9.17, 15) is 26.4 Å². The fourth-order valence-corrected chi connectivity index (χ4v) is 3.97. The Bertz CT molecular complexity index is 826. The second kappa shape index (κ2) is 10.1. The Morgan fingerprint density at radius 1 is 1.24 bits per heavy atom. The van der Waals surface area contributed by atoms with Crippen LogP contribution in [-0.2, 0) is 14.6 Å². The highest BCUT2D eigenvalue weighted by atomic mass is 32.2. The summed E-state index contributed by atoms with van der Waals surface area (Å²) in [6.07, 6.45) is 1.42. The minimum absolute atomic E-state index is 0.0198. The molecule has 1 aromatic carbocycles. The van der Waals surface area contributed by atoms with Crippen LogP contribution in [-0.4, -0.2) is 45.7 Å². The van der Waals surface area contributed by atoms with Gasteiger partial charge in [-0.15, -0.1) is 0 Å². The number of carbonyl (C=O) groups is 1. The average Bonchev–Trinajstić information content (AvgIpc) is 3.34. The van der Waals surface area contributed by atoms with Gasteiger partial charge in [-0.25, -0.2) is 21.6 Å². The Balaban J connectivity index is 1.69. The van der Waals surface area contributed by atoms with E-state index in [1.807, 2.05) is 0 Å². The van der Waals surface area contributed by atoms with Gasteiger partial charge in [-0.05, 0) is 37.1 Å². The SMILES string of the molecule is NC/C(=C\F)COc1ccc(S(=O)(=O)CCCCCNC(=O)C2CC2(F)F)cc1. The van der Waals surface area contributed by atoms with E-state index in [2.05, 4.69) is 5.32 Å². The first kappa shape index (κ1) is 23.2. The van der Waals surface area contributed by atoms with Crippen molar-refractivity contribution in [2.45, 2.75) is 36.5 Å². The predicted octanol–water partition coefficient (Wildman–Crippen LogP) is 2.59. The van der Waals surface area contributed by atoms with Gasteiger partial charge in [0.15, 0.2) is 9.84 Å². The maximum atomic E-state index is 12.7. The van der Waals surface area contributed by atoms with Crippen LogP contribution in [0, 0.1) is 5.92 Å². The number of halogens is 3. The molecule has 0 aliphatic heterocycles. The van der Waals surface area contributed by atoms with Gasteiger partial charge < -0.3 is 15.8 Å². The fourth-order valence-electron chi connectivity index (χ4n) is 2.60. The van der Waals surface area contributed by atoms with E-state index in [0.717, 1.165) is 0 Å². The van der Waals surface area contributed by atoms with Crippen LogP contribution >= 0.6 is 0 Å². The first-order chi connectivity index (χ1) is 13.7. The van der Waals surface area contributed by atoms with Crippen LogP contribution < -0.4 is 15.8 Å². The second-order valence-corrected chi connectivity index (χ2v) is 9.03. The average molecular weight is 434 g/mol. The lowest BCUT2D eigenvalue weighted by Crippen LogP contribution is -2.28. The molecule has 1 atom stereocenters. The number of sulfone groups is 1. The summed E-state index contributed by atoms with van der Waals surface area (Å²) >= 11 is 0. The molecule has 1 aliphatic carbocycles. The molecule has 6 nitrogen and oxygen atoms in total. The molecule has 1 fully saturated rings. The molecular weight excluding hydrogens is 409 g/mol. The first-order valence-corrected chi connectivity index (χ1v) is 10.9. The smallest absolute Gasteiger partial charge is 0.260 e. The third-order valence-electron chi connectivity index (χ3n) is 4.56. The third-order valence-corrected chi connectivity index (χ3v) is 6.37. The molecule has 1 aliphatic rings. The number of alkyl halides is 2. The van der Waals surface area contributed by atoms with Gasteiger partial charge in [0.1, 0.15) is 18.3 Å². The second-order valence-electron chi connectivity index (χ2n) is 6.92. The molecule has 3 N–H and O–H groups in total.